The monoisotopic (exact) mass is 541 g/mol. The lowest BCUT2D eigenvalue weighted by molar-refractivity contribution is -0.116. The number of thiocarbonyl (C=S) groups is 1. The Bertz CT molecular complexity index is 1530. The van der Waals surface area contributed by atoms with E-state index in [-0.39, 0.29) is 30.2 Å². The first-order chi connectivity index (χ1) is 18.7. The first-order valence-corrected chi connectivity index (χ1v) is 13.4. The van der Waals surface area contributed by atoms with Gasteiger partial charge in [-0.05, 0) is 93.0 Å². The Balaban J connectivity index is 1.48. The zero-order chi connectivity index (χ0) is 27.7. The van der Waals surface area contributed by atoms with Crippen molar-refractivity contribution in [3.05, 3.63) is 113 Å². The number of amides is 1. The number of nitrogens with one attached hydrogen (secondary N) is 2. The van der Waals surface area contributed by atoms with E-state index in [1.165, 1.54) is 6.07 Å². The molecule has 39 heavy (non-hydrogen) atoms. The summed E-state index contributed by atoms with van der Waals surface area (Å²) in [4.78, 5) is 19.7. The predicted octanol–water partition coefficient (Wildman–Crippen LogP) is 6.25. The van der Waals surface area contributed by atoms with Crippen LogP contribution in [0.2, 0.25) is 0 Å². The number of para-hydroxylation sites is 1. The van der Waals surface area contributed by atoms with E-state index in [4.69, 9.17) is 12.2 Å². The lowest BCUT2D eigenvalue weighted by atomic mass is 9.96. The molecule has 200 valence electrons. The Morgan fingerprint density at radius 3 is 2.56 bits per heavy atom. The van der Waals surface area contributed by atoms with Gasteiger partial charge in [-0.2, -0.15) is 0 Å². The third-order valence-electron chi connectivity index (χ3n) is 7.33. The largest absolute Gasteiger partial charge is 0.352 e. The van der Waals surface area contributed by atoms with Gasteiger partial charge in [0.15, 0.2) is 5.11 Å². The Hall–Kier alpha value is -4.04. The summed E-state index contributed by atoms with van der Waals surface area (Å²) in [5.74, 6) is -0.365. The van der Waals surface area contributed by atoms with E-state index in [1.807, 2.05) is 74.7 Å². The molecule has 2 aromatic heterocycles. The molecular weight excluding hydrogens is 509 g/mol. The molecule has 2 N–H and O–H groups in total. The number of carbonyl (C=O) groups is 1. The Morgan fingerprint density at radius 2 is 1.82 bits per heavy atom. The molecule has 1 saturated heterocycles. The van der Waals surface area contributed by atoms with Gasteiger partial charge in [0, 0.05) is 36.2 Å². The quantitative estimate of drug-likeness (QED) is 0.271. The van der Waals surface area contributed by atoms with Crippen LogP contribution < -0.4 is 10.6 Å². The lowest BCUT2D eigenvalue weighted by Gasteiger charge is -2.28. The maximum absolute atomic E-state index is 14.8. The van der Waals surface area contributed by atoms with E-state index in [1.54, 1.807) is 18.3 Å². The molecular formula is C31H32FN5OS. The summed E-state index contributed by atoms with van der Waals surface area (Å²) >= 11 is 5.80. The van der Waals surface area contributed by atoms with Crippen LogP contribution in [0.25, 0.3) is 5.69 Å². The zero-order valence-electron chi connectivity index (χ0n) is 22.5. The van der Waals surface area contributed by atoms with Crippen LogP contribution in [0.5, 0.6) is 0 Å². The van der Waals surface area contributed by atoms with Gasteiger partial charge in [0.1, 0.15) is 5.82 Å². The highest BCUT2D eigenvalue weighted by Gasteiger charge is 2.41. The number of hydrogen-bond donors (Lipinski definition) is 2. The van der Waals surface area contributed by atoms with Crippen molar-refractivity contribution >= 4 is 28.9 Å². The molecule has 0 aliphatic carbocycles. The number of rotatable bonds is 7. The number of pyridine rings is 1. The highest BCUT2D eigenvalue weighted by Crippen LogP contribution is 2.41. The fourth-order valence-corrected chi connectivity index (χ4v) is 5.71. The predicted molar refractivity (Wildman–Crippen MR) is 157 cm³/mol. The van der Waals surface area contributed by atoms with Crippen molar-refractivity contribution in [1.82, 2.24) is 19.8 Å². The summed E-state index contributed by atoms with van der Waals surface area (Å²) in [7, 11) is 0. The molecule has 0 radical (unpaired) electrons. The number of aromatic nitrogens is 2. The second kappa shape index (κ2) is 11.0. The molecule has 1 aliphatic rings. The SMILES string of the molecule is Cc1ccc(C)c(NC(=O)CCN2C(=S)NC(c3ccccn3)C2c2cc(C)n(-c3ccccc3F)c2C)c1. The third-order valence-corrected chi connectivity index (χ3v) is 7.68. The van der Waals surface area contributed by atoms with Crippen molar-refractivity contribution in [2.75, 3.05) is 11.9 Å². The molecule has 4 aromatic rings. The highest BCUT2D eigenvalue weighted by molar-refractivity contribution is 7.80. The fraction of sp³-hybridized carbons (Fsp3) is 0.258. The topological polar surface area (TPSA) is 62.2 Å². The van der Waals surface area contributed by atoms with Gasteiger partial charge in [-0.3, -0.25) is 9.78 Å². The average molecular weight is 542 g/mol. The minimum Gasteiger partial charge on any atom is -0.352 e. The Labute approximate surface area is 233 Å². The second-order valence-corrected chi connectivity index (χ2v) is 10.4. The molecule has 1 fully saturated rings. The van der Waals surface area contributed by atoms with Gasteiger partial charge in [0.2, 0.25) is 5.91 Å². The number of aryl methyl sites for hydroxylation is 3. The van der Waals surface area contributed by atoms with Gasteiger partial charge in [-0.1, -0.05) is 30.3 Å². The van der Waals surface area contributed by atoms with Crippen LogP contribution in [0, 0.1) is 33.5 Å². The molecule has 6 nitrogen and oxygen atoms in total. The Morgan fingerprint density at radius 1 is 1.05 bits per heavy atom. The molecule has 2 atom stereocenters. The summed E-state index contributed by atoms with van der Waals surface area (Å²) < 4.78 is 16.8. The highest BCUT2D eigenvalue weighted by atomic mass is 32.1. The smallest absolute Gasteiger partial charge is 0.226 e. The van der Waals surface area contributed by atoms with Crippen LogP contribution in [0.1, 0.15) is 52.3 Å². The minimum atomic E-state index is -0.285. The molecule has 8 heteroatoms. The molecule has 2 aromatic carbocycles. The molecule has 3 heterocycles. The van der Waals surface area contributed by atoms with Crippen molar-refractivity contribution in [3.63, 3.8) is 0 Å². The normalized spacial score (nSPS) is 16.8. The molecule has 0 bridgehead atoms. The molecule has 1 amide bonds. The maximum atomic E-state index is 14.8. The summed E-state index contributed by atoms with van der Waals surface area (Å²) in [6.45, 7) is 8.37. The van der Waals surface area contributed by atoms with E-state index in [2.05, 4.69) is 26.6 Å². The second-order valence-electron chi connectivity index (χ2n) is 10.0. The van der Waals surface area contributed by atoms with E-state index >= 15 is 0 Å². The van der Waals surface area contributed by atoms with Gasteiger partial charge in [-0.15, -0.1) is 0 Å². The summed E-state index contributed by atoms with van der Waals surface area (Å²) in [5, 5.41) is 7.06. The third kappa shape index (κ3) is 5.29. The van der Waals surface area contributed by atoms with Crippen LogP contribution in [-0.2, 0) is 4.79 Å². The summed E-state index contributed by atoms with van der Waals surface area (Å²) in [6.07, 6.45) is 2.02. The van der Waals surface area contributed by atoms with Crippen molar-refractivity contribution in [2.24, 2.45) is 0 Å². The fourth-order valence-electron chi connectivity index (χ4n) is 5.38. The molecule has 2 unspecified atom stereocenters. The van der Waals surface area contributed by atoms with Crippen LogP contribution >= 0.6 is 12.2 Å². The van der Waals surface area contributed by atoms with E-state index in [0.717, 1.165) is 39.5 Å². The number of nitrogens with zero attached hydrogens (tertiary/aromatic N) is 3. The first-order valence-electron chi connectivity index (χ1n) is 13.0. The first kappa shape index (κ1) is 26.6. The minimum absolute atomic E-state index is 0.0802. The summed E-state index contributed by atoms with van der Waals surface area (Å²) in [5.41, 5.74) is 7.11. The molecule has 0 saturated carbocycles. The number of benzene rings is 2. The van der Waals surface area contributed by atoms with Gasteiger partial charge < -0.3 is 20.1 Å². The van der Waals surface area contributed by atoms with Crippen LogP contribution in [-0.4, -0.2) is 32.0 Å². The number of halogens is 1. The molecule has 1 aliphatic heterocycles. The van der Waals surface area contributed by atoms with E-state index in [9.17, 15) is 9.18 Å². The number of hydrogen-bond acceptors (Lipinski definition) is 3. The zero-order valence-corrected chi connectivity index (χ0v) is 23.3. The number of carbonyl (C=O) groups excluding carboxylic acids is 1. The van der Waals surface area contributed by atoms with Crippen molar-refractivity contribution in [2.45, 2.75) is 46.2 Å². The van der Waals surface area contributed by atoms with Crippen molar-refractivity contribution in [3.8, 4) is 5.69 Å². The van der Waals surface area contributed by atoms with Crippen molar-refractivity contribution < 1.29 is 9.18 Å². The van der Waals surface area contributed by atoms with Gasteiger partial charge >= 0.3 is 0 Å². The van der Waals surface area contributed by atoms with Gasteiger partial charge in [0.05, 0.1) is 23.5 Å². The molecule has 0 spiro atoms. The van der Waals surface area contributed by atoms with E-state index in [0.29, 0.717) is 17.3 Å². The Kier molecular flexibility index (Phi) is 7.48. The van der Waals surface area contributed by atoms with Crippen molar-refractivity contribution in [1.29, 1.82) is 0 Å². The maximum Gasteiger partial charge on any atom is 0.226 e. The summed E-state index contributed by atoms with van der Waals surface area (Å²) in [6, 6.07) is 20.2. The number of anilines is 1. The van der Waals surface area contributed by atoms with E-state index < -0.39 is 0 Å². The van der Waals surface area contributed by atoms with Crippen LogP contribution in [0.3, 0.4) is 0 Å². The average Bonchev–Trinajstić information content (AvgIpc) is 3.40. The van der Waals surface area contributed by atoms with Gasteiger partial charge in [0.25, 0.3) is 0 Å². The van der Waals surface area contributed by atoms with Crippen LogP contribution in [0.15, 0.2) is 72.9 Å². The lowest BCUT2D eigenvalue weighted by Crippen LogP contribution is -2.33. The molecule has 5 rings (SSSR count). The van der Waals surface area contributed by atoms with Gasteiger partial charge in [-0.25, -0.2) is 4.39 Å². The van der Waals surface area contributed by atoms with Crippen LogP contribution in [0.4, 0.5) is 10.1 Å². The standard InChI is InChI=1S/C31H32FN5OS/c1-19-12-13-20(2)26(17-19)34-28(38)14-16-36-30(29(35-31(36)39)25-10-7-8-15-33-25)23-18-21(3)37(22(23)4)27-11-6-5-9-24(27)32/h5-13,15,17-18,29-30H,14,16H2,1-4H3,(H,34,38)(H,35,39).